The van der Waals surface area contributed by atoms with Crippen molar-refractivity contribution in [3.8, 4) is 0 Å². The van der Waals surface area contributed by atoms with Crippen molar-refractivity contribution >= 4 is 17.8 Å². The van der Waals surface area contributed by atoms with Crippen molar-refractivity contribution in [1.82, 2.24) is 0 Å². The van der Waals surface area contributed by atoms with Gasteiger partial charge in [0.15, 0.2) is 0 Å². The lowest BCUT2D eigenvalue weighted by Gasteiger charge is -2.06. The Balaban J connectivity index is 2.16. The van der Waals surface area contributed by atoms with Crippen LogP contribution in [-0.2, 0) is 0 Å². The van der Waals surface area contributed by atoms with Crippen molar-refractivity contribution in [2.75, 3.05) is 0 Å². The monoisotopic (exact) mass is 254 g/mol. The first-order valence-corrected chi connectivity index (χ1v) is 7.18. The third kappa shape index (κ3) is 4.08. The van der Waals surface area contributed by atoms with Crippen LogP contribution in [0.5, 0.6) is 0 Å². The second-order valence-corrected chi connectivity index (χ2v) is 5.39. The van der Waals surface area contributed by atoms with E-state index in [0.29, 0.717) is 0 Å². The van der Waals surface area contributed by atoms with Gasteiger partial charge in [0.1, 0.15) is 0 Å². The van der Waals surface area contributed by atoms with E-state index in [-0.39, 0.29) is 0 Å². The predicted molar refractivity (Wildman–Crippen MR) is 81.6 cm³/mol. The average molecular weight is 254 g/mol. The van der Waals surface area contributed by atoms with E-state index in [1.807, 2.05) is 11.8 Å². The SMILES string of the molecule is CCC/C(=C\c1ccccc1)Sc1ccccc1. The van der Waals surface area contributed by atoms with Gasteiger partial charge in [-0.1, -0.05) is 73.6 Å². The molecule has 0 radical (unpaired) electrons. The molecular weight excluding hydrogens is 236 g/mol. The summed E-state index contributed by atoms with van der Waals surface area (Å²) in [4.78, 5) is 2.74. The Labute approximate surface area is 114 Å². The molecule has 0 saturated carbocycles. The summed E-state index contributed by atoms with van der Waals surface area (Å²) in [5.41, 5.74) is 1.28. The zero-order valence-electron chi connectivity index (χ0n) is 10.7. The Morgan fingerprint density at radius 2 is 1.56 bits per heavy atom. The summed E-state index contributed by atoms with van der Waals surface area (Å²) in [5.74, 6) is 0. The van der Waals surface area contributed by atoms with Gasteiger partial charge in [0.05, 0.1) is 0 Å². The molecule has 0 heterocycles. The van der Waals surface area contributed by atoms with Crippen molar-refractivity contribution in [1.29, 1.82) is 0 Å². The molecule has 0 nitrogen and oxygen atoms in total. The summed E-state index contributed by atoms with van der Waals surface area (Å²) >= 11 is 1.87. The highest BCUT2D eigenvalue weighted by Crippen LogP contribution is 2.31. The molecule has 2 aromatic rings. The van der Waals surface area contributed by atoms with E-state index in [0.717, 1.165) is 6.42 Å². The third-order valence-electron chi connectivity index (χ3n) is 2.62. The van der Waals surface area contributed by atoms with Crippen LogP contribution in [0.2, 0.25) is 0 Å². The summed E-state index contributed by atoms with van der Waals surface area (Å²) < 4.78 is 0. The molecule has 0 saturated heterocycles. The van der Waals surface area contributed by atoms with Gasteiger partial charge in [-0.2, -0.15) is 0 Å². The van der Waals surface area contributed by atoms with Gasteiger partial charge in [-0.3, -0.25) is 0 Å². The topological polar surface area (TPSA) is 0 Å². The van der Waals surface area contributed by atoms with E-state index < -0.39 is 0 Å². The van der Waals surface area contributed by atoms with Gasteiger partial charge < -0.3 is 0 Å². The van der Waals surface area contributed by atoms with E-state index in [2.05, 4.69) is 73.7 Å². The molecule has 2 aromatic carbocycles. The first-order valence-electron chi connectivity index (χ1n) is 6.37. The van der Waals surface area contributed by atoms with Crippen LogP contribution in [0.15, 0.2) is 70.5 Å². The molecule has 0 spiro atoms. The maximum absolute atomic E-state index is 2.29. The number of benzene rings is 2. The lowest BCUT2D eigenvalue weighted by molar-refractivity contribution is 0.951. The lowest BCUT2D eigenvalue weighted by Crippen LogP contribution is -1.79. The van der Waals surface area contributed by atoms with Crippen LogP contribution in [0, 0.1) is 0 Å². The molecule has 0 N–H and O–H groups in total. The van der Waals surface area contributed by atoms with E-state index in [1.165, 1.54) is 21.8 Å². The van der Waals surface area contributed by atoms with Gasteiger partial charge in [0, 0.05) is 4.90 Å². The summed E-state index contributed by atoms with van der Waals surface area (Å²) in [6.07, 6.45) is 4.61. The molecular formula is C17H18S. The second-order valence-electron chi connectivity index (χ2n) is 4.19. The minimum Gasteiger partial charge on any atom is -0.0945 e. The highest BCUT2D eigenvalue weighted by Gasteiger charge is 2.00. The number of hydrogen-bond acceptors (Lipinski definition) is 1. The minimum absolute atomic E-state index is 1.13. The third-order valence-corrected chi connectivity index (χ3v) is 3.71. The molecule has 0 aliphatic heterocycles. The molecule has 0 fully saturated rings. The Hall–Kier alpha value is -1.47. The zero-order chi connectivity index (χ0) is 12.6. The fourth-order valence-corrected chi connectivity index (χ4v) is 2.87. The van der Waals surface area contributed by atoms with Crippen molar-refractivity contribution in [3.05, 3.63) is 71.1 Å². The Kier molecular flexibility index (Phi) is 5.10. The van der Waals surface area contributed by atoms with Crippen molar-refractivity contribution < 1.29 is 0 Å². The standard InChI is InChI=1S/C17H18S/c1-2-9-17(14-15-10-5-3-6-11-15)18-16-12-7-4-8-13-16/h3-8,10-14H,2,9H2,1H3/b17-14+. The van der Waals surface area contributed by atoms with Gasteiger partial charge in [-0.25, -0.2) is 0 Å². The maximum Gasteiger partial charge on any atom is 0.0119 e. The van der Waals surface area contributed by atoms with Crippen molar-refractivity contribution in [3.63, 3.8) is 0 Å². The number of allylic oxidation sites excluding steroid dienone is 1. The molecule has 0 aromatic heterocycles. The zero-order valence-corrected chi connectivity index (χ0v) is 11.5. The number of rotatable bonds is 5. The van der Waals surface area contributed by atoms with Crippen LogP contribution in [-0.4, -0.2) is 0 Å². The van der Waals surface area contributed by atoms with Gasteiger partial charge in [0.25, 0.3) is 0 Å². The molecule has 0 aliphatic carbocycles. The van der Waals surface area contributed by atoms with Crippen LogP contribution >= 0.6 is 11.8 Å². The minimum atomic E-state index is 1.13. The van der Waals surface area contributed by atoms with E-state index in [1.54, 1.807) is 0 Å². The molecule has 0 amide bonds. The van der Waals surface area contributed by atoms with Crippen LogP contribution < -0.4 is 0 Å². The van der Waals surface area contributed by atoms with Crippen molar-refractivity contribution in [2.45, 2.75) is 24.7 Å². The van der Waals surface area contributed by atoms with Crippen LogP contribution in [0.4, 0.5) is 0 Å². The van der Waals surface area contributed by atoms with Crippen LogP contribution in [0.3, 0.4) is 0 Å². The molecule has 18 heavy (non-hydrogen) atoms. The first-order chi connectivity index (χ1) is 8.88. The molecule has 92 valence electrons. The maximum atomic E-state index is 2.29. The summed E-state index contributed by atoms with van der Waals surface area (Å²) in [6.45, 7) is 2.23. The first kappa shape index (κ1) is 13.0. The molecule has 0 unspecified atom stereocenters. The summed E-state index contributed by atoms with van der Waals surface area (Å²) in [7, 11) is 0. The van der Waals surface area contributed by atoms with E-state index in [4.69, 9.17) is 0 Å². The largest absolute Gasteiger partial charge is 0.0945 e. The highest BCUT2D eigenvalue weighted by atomic mass is 32.2. The number of thioether (sulfide) groups is 1. The quantitative estimate of drug-likeness (QED) is 0.624. The fraction of sp³-hybridized carbons (Fsp3) is 0.176. The van der Waals surface area contributed by atoms with Gasteiger partial charge in [-0.15, -0.1) is 0 Å². The molecule has 0 atom stereocenters. The normalized spacial score (nSPS) is 11.5. The lowest BCUT2D eigenvalue weighted by atomic mass is 10.2. The fourth-order valence-electron chi connectivity index (χ4n) is 1.77. The summed E-state index contributed by atoms with van der Waals surface area (Å²) in [5, 5.41) is 0. The Morgan fingerprint density at radius 3 is 2.17 bits per heavy atom. The van der Waals surface area contributed by atoms with Gasteiger partial charge in [0.2, 0.25) is 0 Å². The summed E-state index contributed by atoms with van der Waals surface area (Å²) in [6, 6.07) is 21.1. The van der Waals surface area contributed by atoms with Crippen molar-refractivity contribution in [2.24, 2.45) is 0 Å². The number of hydrogen-bond donors (Lipinski definition) is 0. The molecule has 2 rings (SSSR count). The van der Waals surface area contributed by atoms with Crippen LogP contribution in [0.25, 0.3) is 6.08 Å². The van der Waals surface area contributed by atoms with Gasteiger partial charge in [-0.05, 0) is 35.1 Å². The van der Waals surface area contributed by atoms with Crippen LogP contribution in [0.1, 0.15) is 25.3 Å². The molecule has 1 heteroatoms. The van der Waals surface area contributed by atoms with E-state index in [9.17, 15) is 0 Å². The Bertz CT molecular complexity index is 486. The molecule has 0 bridgehead atoms. The van der Waals surface area contributed by atoms with E-state index >= 15 is 0 Å². The Morgan fingerprint density at radius 1 is 0.944 bits per heavy atom. The average Bonchev–Trinajstić information content (AvgIpc) is 2.41. The molecule has 0 aliphatic rings. The second kappa shape index (κ2) is 7.07. The smallest absolute Gasteiger partial charge is 0.0119 e. The van der Waals surface area contributed by atoms with Gasteiger partial charge >= 0.3 is 0 Å². The highest BCUT2D eigenvalue weighted by molar-refractivity contribution is 8.03. The predicted octanol–water partition coefficient (Wildman–Crippen LogP) is 5.62.